The molecule has 0 bridgehead atoms. The standard InChI is InChI=1S/C25H28F2/c1-2-3-17-4-6-18(7-5-17)21-11-13-24(25(27)16-21)22-9-8-20-15-23(26)12-10-19(20)14-22/h10-18H,2-9H2,1H3. The number of rotatable bonds is 4. The lowest BCUT2D eigenvalue weighted by molar-refractivity contribution is 0.308. The molecule has 0 aliphatic heterocycles. The molecular formula is C25H28F2. The maximum atomic E-state index is 14.9. The summed E-state index contributed by atoms with van der Waals surface area (Å²) in [5.41, 5.74) is 4.90. The Hall–Kier alpha value is -1.96. The Balaban J connectivity index is 1.52. The molecular weight excluding hydrogens is 338 g/mol. The summed E-state index contributed by atoms with van der Waals surface area (Å²) < 4.78 is 28.3. The van der Waals surface area contributed by atoms with Gasteiger partial charge in [0.15, 0.2) is 0 Å². The second-order valence-electron chi connectivity index (χ2n) is 8.26. The third kappa shape index (κ3) is 4.00. The van der Waals surface area contributed by atoms with Crippen molar-refractivity contribution < 1.29 is 8.78 Å². The maximum absolute atomic E-state index is 14.9. The summed E-state index contributed by atoms with van der Waals surface area (Å²) in [5, 5.41) is 0. The second-order valence-corrected chi connectivity index (χ2v) is 8.26. The highest BCUT2D eigenvalue weighted by Crippen LogP contribution is 2.39. The number of allylic oxidation sites excluding steroid dienone is 1. The molecule has 0 aromatic heterocycles. The van der Waals surface area contributed by atoms with Gasteiger partial charge in [0.1, 0.15) is 11.6 Å². The van der Waals surface area contributed by atoms with Crippen molar-refractivity contribution in [3.05, 3.63) is 70.3 Å². The summed E-state index contributed by atoms with van der Waals surface area (Å²) in [5.74, 6) is 1.06. The highest BCUT2D eigenvalue weighted by atomic mass is 19.1. The van der Waals surface area contributed by atoms with Crippen LogP contribution in [-0.2, 0) is 6.42 Å². The molecule has 2 heteroatoms. The zero-order chi connectivity index (χ0) is 18.8. The average Bonchev–Trinajstić information content (AvgIpc) is 2.68. The molecule has 0 saturated heterocycles. The Labute approximate surface area is 161 Å². The van der Waals surface area contributed by atoms with E-state index in [0.717, 1.165) is 41.0 Å². The van der Waals surface area contributed by atoms with Crippen LogP contribution in [0.25, 0.3) is 11.6 Å². The first-order valence-corrected chi connectivity index (χ1v) is 10.4. The molecule has 1 saturated carbocycles. The van der Waals surface area contributed by atoms with Gasteiger partial charge in [-0.3, -0.25) is 0 Å². The van der Waals surface area contributed by atoms with Crippen LogP contribution < -0.4 is 0 Å². The molecule has 4 rings (SSSR count). The molecule has 0 nitrogen and oxygen atoms in total. The molecule has 2 aliphatic rings. The van der Waals surface area contributed by atoms with E-state index in [0.29, 0.717) is 11.5 Å². The monoisotopic (exact) mass is 366 g/mol. The number of halogens is 2. The second kappa shape index (κ2) is 7.96. The van der Waals surface area contributed by atoms with E-state index in [2.05, 4.69) is 13.0 Å². The first-order chi connectivity index (χ1) is 13.1. The minimum atomic E-state index is -0.199. The predicted molar refractivity (Wildman–Crippen MR) is 109 cm³/mol. The zero-order valence-corrected chi connectivity index (χ0v) is 16.1. The predicted octanol–water partition coefficient (Wildman–Crippen LogP) is 7.53. The molecule has 27 heavy (non-hydrogen) atoms. The van der Waals surface area contributed by atoms with Crippen molar-refractivity contribution in [2.75, 3.05) is 0 Å². The molecule has 0 N–H and O–H groups in total. The summed E-state index contributed by atoms with van der Waals surface area (Å²) in [7, 11) is 0. The van der Waals surface area contributed by atoms with E-state index < -0.39 is 0 Å². The van der Waals surface area contributed by atoms with Crippen LogP contribution in [0.15, 0.2) is 36.4 Å². The van der Waals surface area contributed by atoms with Crippen molar-refractivity contribution in [1.29, 1.82) is 0 Å². The van der Waals surface area contributed by atoms with Crippen LogP contribution in [0.5, 0.6) is 0 Å². The molecule has 1 fully saturated rings. The lowest BCUT2D eigenvalue weighted by Gasteiger charge is -2.29. The molecule has 0 heterocycles. The van der Waals surface area contributed by atoms with E-state index in [1.165, 1.54) is 44.6 Å². The van der Waals surface area contributed by atoms with E-state index >= 15 is 0 Å². The number of hydrogen-bond donors (Lipinski definition) is 0. The third-order valence-electron chi connectivity index (χ3n) is 6.45. The lowest BCUT2D eigenvalue weighted by Crippen LogP contribution is -2.13. The maximum Gasteiger partial charge on any atom is 0.130 e. The lowest BCUT2D eigenvalue weighted by atomic mass is 9.77. The summed E-state index contributed by atoms with van der Waals surface area (Å²) in [6, 6.07) is 10.7. The zero-order valence-electron chi connectivity index (χ0n) is 16.1. The van der Waals surface area contributed by atoms with Gasteiger partial charge in [0.25, 0.3) is 0 Å². The topological polar surface area (TPSA) is 0 Å². The van der Waals surface area contributed by atoms with E-state index in [1.807, 2.05) is 12.1 Å². The molecule has 0 amide bonds. The fourth-order valence-electron chi connectivity index (χ4n) is 4.91. The van der Waals surface area contributed by atoms with E-state index in [9.17, 15) is 8.78 Å². The van der Waals surface area contributed by atoms with Crippen molar-refractivity contribution in [2.24, 2.45) is 5.92 Å². The van der Waals surface area contributed by atoms with Gasteiger partial charge in [0.2, 0.25) is 0 Å². The first kappa shape index (κ1) is 18.4. The van der Waals surface area contributed by atoms with Crippen molar-refractivity contribution in [3.8, 4) is 0 Å². The summed E-state index contributed by atoms with van der Waals surface area (Å²) in [4.78, 5) is 0. The normalized spacial score (nSPS) is 22.3. The summed E-state index contributed by atoms with van der Waals surface area (Å²) in [6.45, 7) is 2.26. The molecule has 2 aromatic rings. The average molecular weight is 366 g/mol. The van der Waals surface area contributed by atoms with E-state index in [1.54, 1.807) is 18.2 Å². The number of benzene rings is 2. The van der Waals surface area contributed by atoms with Gasteiger partial charge >= 0.3 is 0 Å². The van der Waals surface area contributed by atoms with E-state index in [4.69, 9.17) is 0 Å². The first-order valence-electron chi connectivity index (χ1n) is 10.4. The van der Waals surface area contributed by atoms with Crippen LogP contribution in [0.3, 0.4) is 0 Å². The van der Waals surface area contributed by atoms with Gasteiger partial charge in [-0.15, -0.1) is 0 Å². The number of hydrogen-bond acceptors (Lipinski definition) is 0. The Morgan fingerprint density at radius 1 is 0.926 bits per heavy atom. The molecule has 0 spiro atoms. The summed E-state index contributed by atoms with van der Waals surface area (Å²) in [6.07, 6.45) is 11.1. The molecule has 0 radical (unpaired) electrons. The Morgan fingerprint density at radius 2 is 1.74 bits per heavy atom. The third-order valence-corrected chi connectivity index (χ3v) is 6.45. The molecule has 0 unspecified atom stereocenters. The van der Waals surface area contributed by atoms with Gasteiger partial charge in [-0.25, -0.2) is 8.78 Å². The minimum Gasteiger partial charge on any atom is -0.207 e. The van der Waals surface area contributed by atoms with Crippen LogP contribution in [0, 0.1) is 17.6 Å². The van der Waals surface area contributed by atoms with Gasteiger partial charge in [-0.05, 0) is 90.8 Å². The SMILES string of the molecule is CCCC1CCC(c2ccc(C3=Cc4ccc(F)cc4CC3)c(F)c2)CC1. The van der Waals surface area contributed by atoms with Gasteiger partial charge < -0.3 is 0 Å². The number of aryl methyl sites for hydroxylation is 1. The number of fused-ring (bicyclic) bond motifs is 1. The Bertz CT molecular complexity index is 841. The van der Waals surface area contributed by atoms with Crippen LogP contribution in [0.2, 0.25) is 0 Å². The van der Waals surface area contributed by atoms with Crippen LogP contribution in [0.4, 0.5) is 8.78 Å². The highest BCUT2D eigenvalue weighted by Gasteiger charge is 2.23. The van der Waals surface area contributed by atoms with Gasteiger partial charge in [-0.2, -0.15) is 0 Å². The van der Waals surface area contributed by atoms with Crippen molar-refractivity contribution in [1.82, 2.24) is 0 Å². The molecule has 2 aromatic carbocycles. The molecule has 142 valence electrons. The summed E-state index contributed by atoms with van der Waals surface area (Å²) >= 11 is 0. The largest absolute Gasteiger partial charge is 0.207 e. The van der Waals surface area contributed by atoms with Crippen molar-refractivity contribution in [3.63, 3.8) is 0 Å². The molecule has 2 aliphatic carbocycles. The molecule has 0 atom stereocenters. The van der Waals surface area contributed by atoms with Gasteiger partial charge in [-0.1, -0.05) is 44.0 Å². The highest BCUT2D eigenvalue weighted by molar-refractivity contribution is 5.84. The van der Waals surface area contributed by atoms with Gasteiger partial charge in [0, 0.05) is 5.56 Å². The minimum absolute atomic E-state index is 0.111. The van der Waals surface area contributed by atoms with Crippen LogP contribution in [-0.4, -0.2) is 0 Å². The quantitative estimate of drug-likeness (QED) is 0.525. The smallest absolute Gasteiger partial charge is 0.130 e. The Morgan fingerprint density at radius 3 is 2.48 bits per heavy atom. The van der Waals surface area contributed by atoms with Gasteiger partial charge in [0.05, 0.1) is 0 Å². The van der Waals surface area contributed by atoms with E-state index in [-0.39, 0.29) is 11.6 Å². The van der Waals surface area contributed by atoms with Crippen LogP contribution in [0.1, 0.15) is 80.0 Å². The van der Waals surface area contributed by atoms with Crippen LogP contribution >= 0.6 is 0 Å². The Kier molecular flexibility index (Phi) is 5.43. The fourth-order valence-corrected chi connectivity index (χ4v) is 4.91. The van der Waals surface area contributed by atoms with Crippen molar-refractivity contribution >= 4 is 11.6 Å². The fraction of sp³-hybridized carbons (Fsp3) is 0.440. The van der Waals surface area contributed by atoms with Crippen molar-refractivity contribution in [2.45, 2.75) is 64.2 Å².